The molecule has 0 saturated carbocycles. The largest absolute Gasteiger partial charge is 0.305 e. The molecule has 0 aliphatic rings. The van der Waals surface area contributed by atoms with Gasteiger partial charge in [-0.15, -0.1) is 4.36 Å². The average molecular weight is 543 g/mol. The van der Waals surface area contributed by atoms with Crippen molar-refractivity contribution in [2.45, 2.75) is 57.4 Å². The van der Waals surface area contributed by atoms with Crippen LogP contribution >= 0.6 is 0 Å². The summed E-state index contributed by atoms with van der Waals surface area (Å²) in [6.07, 6.45) is 1.86. The summed E-state index contributed by atoms with van der Waals surface area (Å²) in [7, 11) is 0.602. The van der Waals surface area contributed by atoms with Crippen LogP contribution in [-0.2, 0) is 27.7 Å². The summed E-state index contributed by atoms with van der Waals surface area (Å²) < 4.78 is 17.3. The molecule has 1 heterocycles. The van der Waals surface area contributed by atoms with Crippen LogP contribution < -0.4 is 5.14 Å². The van der Waals surface area contributed by atoms with E-state index in [1.807, 2.05) is 49.5 Å². The molecule has 0 aliphatic heterocycles. The number of fused-ring (bicyclic) bond motifs is 1. The molecule has 1 amide bonds. The Morgan fingerprint density at radius 2 is 1.56 bits per heavy atom. The van der Waals surface area contributed by atoms with E-state index >= 15 is 0 Å². The molecule has 6 nitrogen and oxygen atoms in total. The molecule has 4 rings (SSSR count). The van der Waals surface area contributed by atoms with Crippen molar-refractivity contribution in [3.05, 3.63) is 95.2 Å². The Bertz CT molecular complexity index is 1580. The molecule has 0 bridgehead atoms. The van der Waals surface area contributed by atoms with E-state index in [9.17, 15) is 9.00 Å². The Kier molecular flexibility index (Phi) is 8.64. The molecule has 7 heteroatoms. The van der Waals surface area contributed by atoms with Crippen LogP contribution in [0, 0.1) is 0 Å². The van der Waals surface area contributed by atoms with Crippen LogP contribution in [0.4, 0.5) is 0 Å². The molecule has 0 fully saturated rings. The quantitative estimate of drug-likeness (QED) is 0.269. The van der Waals surface area contributed by atoms with Gasteiger partial charge < -0.3 is 4.90 Å². The topological polar surface area (TPSA) is 88.6 Å². The number of hydrogen-bond donors (Lipinski definition) is 1. The molecule has 0 spiro atoms. The third-order valence-electron chi connectivity index (χ3n) is 6.83. The summed E-state index contributed by atoms with van der Waals surface area (Å²) in [5.74, 6) is -0.150. The lowest BCUT2D eigenvalue weighted by Gasteiger charge is -2.21. The van der Waals surface area contributed by atoms with E-state index < -0.39 is 15.8 Å². The summed E-state index contributed by atoms with van der Waals surface area (Å²) in [6.45, 7) is 9.24. The van der Waals surface area contributed by atoms with Crippen LogP contribution in [0.2, 0.25) is 0 Å². The zero-order valence-electron chi connectivity index (χ0n) is 23.6. The third-order valence-corrected chi connectivity index (χ3v) is 8.25. The normalized spacial score (nSPS) is 13.3. The van der Waals surface area contributed by atoms with Crippen LogP contribution in [0.1, 0.15) is 61.8 Å². The highest BCUT2D eigenvalue weighted by Gasteiger charge is 2.21. The van der Waals surface area contributed by atoms with E-state index in [4.69, 9.17) is 5.14 Å². The third kappa shape index (κ3) is 6.61. The van der Waals surface area contributed by atoms with E-state index in [1.165, 1.54) is 0 Å². The Hall–Kier alpha value is -3.39. The van der Waals surface area contributed by atoms with Crippen molar-refractivity contribution >= 4 is 26.7 Å². The molecular formula is C32H38N4O2S. The number of benzene rings is 3. The van der Waals surface area contributed by atoms with E-state index in [0.29, 0.717) is 4.90 Å². The first-order valence-corrected chi connectivity index (χ1v) is 14.9. The van der Waals surface area contributed by atoms with Gasteiger partial charge in [-0.25, -0.2) is 9.35 Å². The second-order valence-corrected chi connectivity index (χ2v) is 12.7. The van der Waals surface area contributed by atoms with Gasteiger partial charge in [0.2, 0.25) is 0 Å². The number of carbonyl (C=O) groups is 1. The van der Waals surface area contributed by atoms with Crippen LogP contribution in [0.3, 0.4) is 0 Å². The standard InChI is InChI=1S/C32H38N4O2S/c1-21(2)28-17-25(27-11-7-9-24-10-8-16-34-32(24)27)18-29(22(3)4)30(28)19-31(37)35-39(33,38)26-14-12-23(13-15-26)20-36(5)6/h7-18,21-22H,19-20H2,1-6H3,(H2,33,35,37,38). The van der Waals surface area contributed by atoms with Crippen LogP contribution in [0.15, 0.2) is 82.2 Å². The molecule has 39 heavy (non-hydrogen) atoms. The summed E-state index contributed by atoms with van der Waals surface area (Å²) >= 11 is 0. The summed E-state index contributed by atoms with van der Waals surface area (Å²) in [4.78, 5) is 20.3. The van der Waals surface area contributed by atoms with Gasteiger partial charge in [0.25, 0.3) is 5.91 Å². The van der Waals surface area contributed by atoms with Crippen molar-refractivity contribution in [2.75, 3.05) is 14.1 Å². The smallest absolute Gasteiger partial charge is 0.259 e. The molecule has 2 N–H and O–H groups in total. The first-order valence-electron chi connectivity index (χ1n) is 13.3. The second-order valence-electron chi connectivity index (χ2n) is 10.9. The van der Waals surface area contributed by atoms with Crippen molar-refractivity contribution in [3.63, 3.8) is 0 Å². The van der Waals surface area contributed by atoms with E-state index in [1.54, 1.807) is 12.1 Å². The van der Waals surface area contributed by atoms with Crippen molar-refractivity contribution in [1.29, 1.82) is 0 Å². The van der Waals surface area contributed by atoms with Crippen molar-refractivity contribution < 1.29 is 9.00 Å². The molecule has 0 saturated heterocycles. The molecule has 204 valence electrons. The summed E-state index contributed by atoms with van der Waals surface area (Å²) in [5.41, 5.74) is 7.22. The lowest BCUT2D eigenvalue weighted by molar-refractivity contribution is -0.117. The maximum atomic E-state index is 13.3. The first kappa shape index (κ1) is 28.6. The van der Waals surface area contributed by atoms with Gasteiger partial charge in [0.05, 0.1) is 16.8 Å². The van der Waals surface area contributed by atoms with Crippen molar-refractivity contribution in [1.82, 2.24) is 9.88 Å². The van der Waals surface area contributed by atoms with Gasteiger partial charge in [0.1, 0.15) is 9.92 Å². The van der Waals surface area contributed by atoms with Gasteiger partial charge in [-0.2, -0.15) is 0 Å². The molecule has 4 aromatic rings. The number of rotatable bonds is 8. The lowest BCUT2D eigenvalue weighted by Crippen LogP contribution is -2.17. The molecule has 1 unspecified atom stereocenters. The van der Waals surface area contributed by atoms with E-state index in [-0.39, 0.29) is 18.3 Å². The Morgan fingerprint density at radius 3 is 2.15 bits per heavy atom. The zero-order valence-corrected chi connectivity index (χ0v) is 24.5. The van der Waals surface area contributed by atoms with Crippen LogP contribution in [-0.4, -0.2) is 34.1 Å². The van der Waals surface area contributed by atoms with E-state index in [0.717, 1.165) is 50.8 Å². The fraction of sp³-hybridized carbons (Fsp3) is 0.312. The highest BCUT2D eigenvalue weighted by molar-refractivity contribution is 7.91. The number of carbonyl (C=O) groups excluding carboxylic acids is 1. The van der Waals surface area contributed by atoms with Gasteiger partial charge in [-0.1, -0.05) is 76.2 Å². The molecule has 3 aromatic carbocycles. The Balaban J connectivity index is 1.74. The fourth-order valence-corrected chi connectivity index (χ4v) is 5.99. The zero-order chi connectivity index (χ0) is 28.3. The number of nitrogens with zero attached hydrogens (tertiary/aromatic N) is 3. The van der Waals surface area contributed by atoms with Crippen LogP contribution in [0.5, 0.6) is 0 Å². The van der Waals surface area contributed by atoms with Gasteiger partial charge in [-0.3, -0.25) is 9.78 Å². The number of hydrogen-bond acceptors (Lipinski definition) is 4. The van der Waals surface area contributed by atoms with Crippen molar-refractivity contribution in [3.8, 4) is 11.1 Å². The number of nitrogens with two attached hydrogens (primary N) is 1. The summed E-state index contributed by atoms with van der Waals surface area (Å²) in [6, 6.07) is 21.7. The second kappa shape index (κ2) is 11.8. The fourth-order valence-electron chi connectivity index (χ4n) is 4.99. The lowest BCUT2D eigenvalue weighted by atomic mass is 9.83. The minimum absolute atomic E-state index is 0.0436. The summed E-state index contributed by atoms with van der Waals surface area (Å²) in [5, 5.41) is 7.20. The van der Waals surface area contributed by atoms with Gasteiger partial charge in [0, 0.05) is 23.7 Å². The molecular weight excluding hydrogens is 504 g/mol. The van der Waals surface area contributed by atoms with Crippen molar-refractivity contribution in [2.24, 2.45) is 9.50 Å². The predicted molar refractivity (Wildman–Crippen MR) is 161 cm³/mol. The van der Waals surface area contributed by atoms with Gasteiger partial charge in [-0.05, 0) is 71.9 Å². The highest BCUT2D eigenvalue weighted by atomic mass is 32.2. The SMILES string of the molecule is CC(C)c1cc(-c2cccc3cccnc23)cc(C(C)C)c1CC(=O)N=S(N)(=O)c1ccc(CN(C)C)cc1. The maximum absolute atomic E-state index is 13.3. The monoisotopic (exact) mass is 542 g/mol. The minimum Gasteiger partial charge on any atom is -0.305 e. The average Bonchev–Trinajstić information content (AvgIpc) is 2.87. The molecule has 0 aliphatic carbocycles. The first-order chi connectivity index (χ1) is 18.5. The number of pyridine rings is 1. The molecule has 0 radical (unpaired) electrons. The predicted octanol–water partition coefficient (Wildman–Crippen LogP) is 6.68. The Labute approximate surface area is 232 Å². The number of aromatic nitrogens is 1. The van der Waals surface area contributed by atoms with Gasteiger partial charge in [0.15, 0.2) is 0 Å². The highest BCUT2D eigenvalue weighted by Crippen LogP contribution is 2.36. The van der Waals surface area contributed by atoms with E-state index in [2.05, 4.69) is 67.4 Å². The maximum Gasteiger partial charge on any atom is 0.259 e. The van der Waals surface area contributed by atoms with Gasteiger partial charge >= 0.3 is 0 Å². The molecule has 1 aromatic heterocycles. The van der Waals surface area contributed by atoms with Crippen LogP contribution in [0.25, 0.3) is 22.0 Å². The number of amides is 1. The Morgan fingerprint density at radius 1 is 0.949 bits per heavy atom. The number of para-hydroxylation sites is 1. The minimum atomic E-state index is -3.36. The molecule has 1 atom stereocenters.